The van der Waals surface area contributed by atoms with Gasteiger partial charge in [-0.3, -0.25) is 0 Å². The van der Waals surface area contributed by atoms with E-state index in [1.807, 2.05) is 19.2 Å². The van der Waals surface area contributed by atoms with Gasteiger partial charge in [0.2, 0.25) is 0 Å². The number of aliphatic hydroxyl groups is 1. The lowest BCUT2D eigenvalue weighted by molar-refractivity contribution is 0.0447. The average Bonchev–Trinajstić information content (AvgIpc) is 2.36. The van der Waals surface area contributed by atoms with Crippen LogP contribution in [0.25, 0.3) is 0 Å². The lowest BCUT2D eigenvalue weighted by Crippen LogP contribution is -2.46. The van der Waals surface area contributed by atoms with Crippen LogP contribution in [0.3, 0.4) is 0 Å². The van der Waals surface area contributed by atoms with Gasteiger partial charge in [0.1, 0.15) is 5.82 Å². The second-order valence-electron chi connectivity index (χ2n) is 5.33. The van der Waals surface area contributed by atoms with E-state index in [4.69, 9.17) is 0 Å². The predicted molar refractivity (Wildman–Crippen MR) is 73.7 cm³/mol. The molecule has 1 aliphatic heterocycles. The number of hydrogen-bond donors (Lipinski definition) is 2. The van der Waals surface area contributed by atoms with Gasteiger partial charge in [-0.05, 0) is 37.9 Å². The molecule has 2 heterocycles. The summed E-state index contributed by atoms with van der Waals surface area (Å²) in [6.07, 6.45) is 3.82. The van der Waals surface area contributed by atoms with Crippen molar-refractivity contribution in [3.8, 4) is 0 Å². The number of nitrogens with one attached hydrogen (secondary N) is 1. The van der Waals surface area contributed by atoms with Crippen molar-refractivity contribution in [1.29, 1.82) is 0 Å². The van der Waals surface area contributed by atoms with Crippen molar-refractivity contribution in [3.63, 3.8) is 0 Å². The Morgan fingerprint density at radius 3 is 2.94 bits per heavy atom. The molecule has 0 spiro atoms. The SMILES string of the molecule is CCNCc1ccc(N2CCCC(C)(O)C2)nc1. The molecule has 1 fully saturated rings. The maximum atomic E-state index is 10.1. The number of β-amino-alcohol motifs (C(OH)–C–C–N with tert-alkyl or cyclic N) is 1. The molecule has 0 bridgehead atoms. The van der Waals surface area contributed by atoms with Crippen LogP contribution in [0.4, 0.5) is 5.82 Å². The van der Waals surface area contributed by atoms with Gasteiger partial charge >= 0.3 is 0 Å². The van der Waals surface area contributed by atoms with Crippen LogP contribution < -0.4 is 10.2 Å². The Morgan fingerprint density at radius 1 is 1.50 bits per heavy atom. The van der Waals surface area contributed by atoms with Crippen LogP contribution in [0, 0.1) is 0 Å². The van der Waals surface area contributed by atoms with E-state index in [1.165, 1.54) is 5.56 Å². The van der Waals surface area contributed by atoms with Crippen LogP contribution in [-0.2, 0) is 6.54 Å². The van der Waals surface area contributed by atoms with Gasteiger partial charge in [0, 0.05) is 25.8 Å². The van der Waals surface area contributed by atoms with Crippen LogP contribution in [-0.4, -0.2) is 35.3 Å². The van der Waals surface area contributed by atoms with Gasteiger partial charge < -0.3 is 15.3 Å². The Bertz CT molecular complexity index is 375. The Balaban J connectivity index is 2.00. The lowest BCUT2D eigenvalue weighted by atomic mass is 9.95. The van der Waals surface area contributed by atoms with Gasteiger partial charge in [0.05, 0.1) is 5.60 Å². The number of aromatic nitrogens is 1. The van der Waals surface area contributed by atoms with E-state index in [-0.39, 0.29) is 0 Å². The molecule has 2 N–H and O–H groups in total. The van der Waals surface area contributed by atoms with Crippen molar-refractivity contribution in [3.05, 3.63) is 23.9 Å². The van der Waals surface area contributed by atoms with Gasteiger partial charge in [-0.2, -0.15) is 0 Å². The minimum absolute atomic E-state index is 0.581. The van der Waals surface area contributed by atoms with Crippen LogP contribution in [0.2, 0.25) is 0 Å². The summed E-state index contributed by atoms with van der Waals surface area (Å²) in [5.41, 5.74) is 0.618. The molecule has 1 aliphatic rings. The number of anilines is 1. The van der Waals surface area contributed by atoms with Gasteiger partial charge in [0.25, 0.3) is 0 Å². The summed E-state index contributed by atoms with van der Waals surface area (Å²) in [6.45, 7) is 7.48. The van der Waals surface area contributed by atoms with Crippen molar-refractivity contribution in [2.75, 3.05) is 24.5 Å². The fourth-order valence-electron chi connectivity index (χ4n) is 2.39. The molecule has 18 heavy (non-hydrogen) atoms. The molecule has 4 heteroatoms. The van der Waals surface area contributed by atoms with Crippen LogP contribution in [0.5, 0.6) is 0 Å². The molecule has 4 nitrogen and oxygen atoms in total. The minimum atomic E-state index is -0.581. The Morgan fingerprint density at radius 2 is 2.33 bits per heavy atom. The van der Waals surface area contributed by atoms with E-state index in [1.54, 1.807) is 0 Å². The predicted octanol–water partition coefficient (Wildman–Crippen LogP) is 1.54. The average molecular weight is 249 g/mol. The van der Waals surface area contributed by atoms with Gasteiger partial charge in [-0.25, -0.2) is 4.98 Å². The summed E-state index contributed by atoms with van der Waals surface area (Å²) in [5, 5.41) is 13.4. The van der Waals surface area contributed by atoms with Crippen LogP contribution >= 0.6 is 0 Å². The largest absolute Gasteiger partial charge is 0.388 e. The minimum Gasteiger partial charge on any atom is -0.388 e. The number of hydrogen-bond acceptors (Lipinski definition) is 4. The van der Waals surface area contributed by atoms with E-state index in [9.17, 15) is 5.11 Å². The van der Waals surface area contributed by atoms with Crippen molar-refractivity contribution >= 4 is 5.82 Å². The fourth-order valence-corrected chi connectivity index (χ4v) is 2.39. The normalized spacial score (nSPS) is 24.3. The standard InChI is InChI=1S/C14H23N3O/c1-3-15-9-12-5-6-13(16-10-12)17-8-4-7-14(2,18)11-17/h5-6,10,15,18H,3-4,7-9,11H2,1-2H3. The molecular formula is C14H23N3O. The molecule has 0 aromatic carbocycles. The first kappa shape index (κ1) is 13.3. The zero-order chi connectivity index (χ0) is 13.0. The first-order valence-corrected chi connectivity index (χ1v) is 6.74. The van der Waals surface area contributed by atoms with Crippen molar-refractivity contribution in [2.45, 2.75) is 38.8 Å². The third-order valence-electron chi connectivity index (χ3n) is 3.39. The highest BCUT2D eigenvalue weighted by molar-refractivity contribution is 5.40. The highest BCUT2D eigenvalue weighted by Crippen LogP contribution is 2.24. The number of rotatable bonds is 4. The second-order valence-corrected chi connectivity index (χ2v) is 5.33. The molecular weight excluding hydrogens is 226 g/mol. The summed E-state index contributed by atoms with van der Waals surface area (Å²) in [7, 11) is 0. The van der Waals surface area contributed by atoms with Crippen molar-refractivity contribution in [1.82, 2.24) is 10.3 Å². The smallest absolute Gasteiger partial charge is 0.128 e. The maximum absolute atomic E-state index is 10.1. The molecule has 1 aromatic heterocycles. The summed E-state index contributed by atoms with van der Waals surface area (Å²) in [6, 6.07) is 4.16. The zero-order valence-electron chi connectivity index (χ0n) is 11.3. The Labute approximate surface area is 109 Å². The highest BCUT2D eigenvalue weighted by Gasteiger charge is 2.28. The molecule has 2 rings (SSSR count). The molecule has 0 saturated carbocycles. The molecule has 1 aromatic rings. The van der Waals surface area contributed by atoms with Gasteiger partial charge in [0.15, 0.2) is 0 Å². The number of piperidine rings is 1. The monoisotopic (exact) mass is 249 g/mol. The first-order chi connectivity index (χ1) is 8.61. The van der Waals surface area contributed by atoms with E-state index in [2.05, 4.69) is 28.2 Å². The van der Waals surface area contributed by atoms with Crippen molar-refractivity contribution < 1.29 is 5.11 Å². The van der Waals surface area contributed by atoms with Gasteiger partial charge in [-0.1, -0.05) is 13.0 Å². The summed E-state index contributed by atoms with van der Waals surface area (Å²) < 4.78 is 0. The van der Waals surface area contributed by atoms with E-state index < -0.39 is 5.60 Å². The van der Waals surface area contributed by atoms with E-state index in [0.29, 0.717) is 6.54 Å². The zero-order valence-corrected chi connectivity index (χ0v) is 11.3. The Hall–Kier alpha value is -1.13. The van der Waals surface area contributed by atoms with Crippen LogP contribution in [0.15, 0.2) is 18.3 Å². The molecule has 1 atom stereocenters. The molecule has 0 aliphatic carbocycles. The number of nitrogens with zero attached hydrogens (tertiary/aromatic N) is 2. The third-order valence-corrected chi connectivity index (χ3v) is 3.39. The lowest BCUT2D eigenvalue weighted by Gasteiger charge is -2.37. The second kappa shape index (κ2) is 5.67. The molecule has 0 radical (unpaired) electrons. The number of pyridine rings is 1. The van der Waals surface area contributed by atoms with Crippen LogP contribution in [0.1, 0.15) is 32.3 Å². The van der Waals surface area contributed by atoms with Gasteiger partial charge in [-0.15, -0.1) is 0 Å². The maximum Gasteiger partial charge on any atom is 0.128 e. The Kier molecular flexibility index (Phi) is 4.19. The first-order valence-electron chi connectivity index (χ1n) is 6.74. The fraction of sp³-hybridized carbons (Fsp3) is 0.643. The molecule has 100 valence electrons. The summed E-state index contributed by atoms with van der Waals surface area (Å²) in [5.74, 6) is 0.968. The van der Waals surface area contributed by atoms with E-state index in [0.717, 1.165) is 38.3 Å². The third kappa shape index (κ3) is 3.43. The topological polar surface area (TPSA) is 48.4 Å². The quantitative estimate of drug-likeness (QED) is 0.850. The highest BCUT2D eigenvalue weighted by atomic mass is 16.3. The van der Waals surface area contributed by atoms with E-state index >= 15 is 0 Å². The molecule has 1 saturated heterocycles. The molecule has 1 unspecified atom stereocenters. The summed E-state index contributed by atoms with van der Waals surface area (Å²) in [4.78, 5) is 6.66. The molecule has 0 amide bonds. The summed E-state index contributed by atoms with van der Waals surface area (Å²) >= 11 is 0. The van der Waals surface area contributed by atoms with Crippen molar-refractivity contribution in [2.24, 2.45) is 0 Å².